The molecule has 1 heterocycles. The number of nitrogens with zero attached hydrogens (tertiary/aromatic N) is 2. The van der Waals surface area contributed by atoms with Crippen molar-refractivity contribution in [2.45, 2.75) is 13.8 Å². The number of hydrogen-bond acceptors (Lipinski definition) is 3. The first kappa shape index (κ1) is 21.0. The molecule has 0 aliphatic carbocycles. The lowest BCUT2D eigenvalue weighted by Gasteiger charge is -2.09. The number of benzene rings is 2. The molecule has 0 saturated heterocycles. The van der Waals surface area contributed by atoms with Crippen molar-refractivity contribution in [2.75, 3.05) is 5.32 Å². The van der Waals surface area contributed by atoms with Crippen molar-refractivity contribution < 1.29 is 9.59 Å². The summed E-state index contributed by atoms with van der Waals surface area (Å²) in [6.45, 7) is 3.97. The zero-order valence-corrected chi connectivity index (χ0v) is 18.9. The molecule has 0 unspecified atom stereocenters. The van der Waals surface area contributed by atoms with Crippen LogP contribution in [0.15, 0.2) is 68.6 Å². The fourth-order valence-corrected chi connectivity index (χ4v) is 3.53. The summed E-state index contributed by atoms with van der Waals surface area (Å²) in [6, 6.07) is 16.9. The summed E-state index contributed by atoms with van der Waals surface area (Å²) >= 11 is 6.75. The van der Waals surface area contributed by atoms with Crippen LogP contribution in [-0.2, 0) is 9.59 Å². The first-order chi connectivity index (χ1) is 13.8. The Morgan fingerprint density at radius 1 is 0.966 bits per heavy atom. The summed E-state index contributed by atoms with van der Waals surface area (Å²) in [5, 5.41) is 6.45. The molecule has 0 bridgehead atoms. The van der Waals surface area contributed by atoms with E-state index in [0.717, 1.165) is 31.6 Å². The minimum atomic E-state index is -0.844. The summed E-state index contributed by atoms with van der Waals surface area (Å²) < 4.78 is 3.90. The smallest absolute Gasteiger partial charge is 0.318 e. The molecule has 148 valence electrons. The molecule has 2 N–H and O–H groups in total. The number of hydrazone groups is 1. The summed E-state index contributed by atoms with van der Waals surface area (Å²) in [6.07, 6.45) is 1.53. The van der Waals surface area contributed by atoms with Gasteiger partial charge in [-0.1, -0.05) is 37.9 Å². The zero-order valence-electron chi connectivity index (χ0n) is 15.7. The lowest BCUT2D eigenvalue weighted by Crippen LogP contribution is -2.32. The van der Waals surface area contributed by atoms with Gasteiger partial charge in [0.05, 0.1) is 6.21 Å². The number of hydrogen-bond donors (Lipinski definition) is 2. The molecule has 8 heteroatoms. The summed E-state index contributed by atoms with van der Waals surface area (Å²) in [4.78, 5) is 24.0. The van der Waals surface area contributed by atoms with Gasteiger partial charge in [-0.25, -0.2) is 5.43 Å². The van der Waals surface area contributed by atoms with E-state index in [1.807, 2.05) is 50.2 Å². The van der Waals surface area contributed by atoms with Crippen molar-refractivity contribution in [3.63, 3.8) is 0 Å². The predicted molar refractivity (Wildman–Crippen MR) is 121 cm³/mol. The molecule has 3 rings (SSSR count). The van der Waals surface area contributed by atoms with Crippen molar-refractivity contribution in [2.24, 2.45) is 5.10 Å². The van der Waals surface area contributed by atoms with Crippen LogP contribution in [-0.4, -0.2) is 22.6 Å². The van der Waals surface area contributed by atoms with Crippen LogP contribution in [0.25, 0.3) is 5.69 Å². The van der Waals surface area contributed by atoms with Crippen molar-refractivity contribution >= 4 is 55.6 Å². The molecule has 29 heavy (non-hydrogen) atoms. The Balaban J connectivity index is 1.67. The fraction of sp³-hybridized carbons (Fsp3) is 0.0952. The molecular weight excluding hydrogens is 500 g/mol. The second-order valence-corrected chi connectivity index (χ2v) is 8.13. The minimum Gasteiger partial charge on any atom is -0.318 e. The fourth-order valence-electron chi connectivity index (χ4n) is 2.87. The standard InChI is InChI=1S/C21H18Br2N4O2/c1-13-10-15(14(2)27(13)19-8-6-16(22)7-9-19)12-24-26-21(29)20(28)25-18-5-3-4-17(23)11-18/h3-12H,1-2H3,(H,25,28)(H,26,29)/b24-12-. The van der Waals surface area contributed by atoms with Crippen molar-refractivity contribution in [3.05, 3.63) is 80.5 Å². The molecule has 0 saturated carbocycles. The van der Waals surface area contributed by atoms with Gasteiger partial charge in [-0.05, 0) is 62.4 Å². The van der Waals surface area contributed by atoms with E-state index in [1.165, 1.54) is 6.21 Å². The van der Waals surface area contributed by atoms with Crippen molar-refractivity contribution in [1.29, 1.82) is 0 Å². The number of amides is 2. The quantitative estimate of drug-likeness (QED) is 0.299. The van der Waals surface area contributed by atoms with E-state index >= 15 is 0 Å². The van der Waals surface area contributed by atoms with Crippen LogP contribution < -0.4 is 10.7 Å². The van der Waals surface area contributed by atoms with Crippen molar-refractivity contribution in [1.82, 2.24) is 9.99 Å². The molecule has 1 aromatic heterocycles. The SMILES string of the molecule is Cc1cc(/C=N\NC(=O)C(=O)Nc2cccc(Br)c2)c(C)n1-c1ccc(Br)cc1. The Morgan fingerprint density at radius 2 is 1.69 bits per heavy atom. The summed E-state index contributed by atoms with van der Waals surface area (Å²) in [7, 11) is 0. The van der Waals surface area contributed by atoms with Gasteiger partial charge in [0.25, 0.3) is 0 Å². The number of aromatic nitrogens is 1. The molecule has 6 nitrogen and oxygen atoms in total. The van der Waals surface area contributed by atoms with E-state index in [-0.39, 0.29) is 0 Å². The number of anilines is 1. The molecule has 0 atom stereocenters. The van der Waals surface area contributed by atoms with Crippen LogP contribution in [0.4, 0.5) is 5.69 Å². The Labute approximate surface area is 185 Å². The molecule has 0 aliphatic heterocycles. The molecule has 3 aromatic rings. The van der Waals surface area contributed by atoms with Gasteiger partial charge in [0.2, 0.25) is 0 Å². The van der Waals surface area contributed by atoms with Gasteiger partial charge in [-0.3, -0.25) is 9.59 Å². The molecule has 2 amide bonds. The van der Waals surface area contributed by atoms with E-state index in [4.69, 9.17) is 0 Å². The van der Waals surface area contributed by atoms with E-state index in [2.05, 4.69) is 52.3 Å². The highest BCUT2D eigenvalue weighted by Gasteiger charge is 2.13. The first-order valence-electron chi connectivity index (χ1n) is 8.70. The second-order valence-electron chi connectivity index (χ2n) is 6.30. The number of carbonyl (C=O) groups is 2. The Bertz CT molecular complexity index is 1090. The number of aryl methyl sites for hydroxylation is 1. The maximum absolute atomic E-state index is 12.0. The van der Waals surface area contributed by atoms with E-state index in [0.29, 0.717) is 5.69 Å². The zero-order chi connectivity index (χ0) is 21.0. The highest BCUT2D eigenvalue weighted by molar-refractivity contribution is 9.10. The largest absolute Gasteiger partial charge is 0.329 e. The third-order valence-corrected chi connectivity index (χ3v) is 5.24. The molecule has 0 spiro atoms. The predicted octanol–water partition coefficient (Wildman–Crippen LogP) is 4.71. The van der Waals surface area contributed by atoms with Crippen molar-refractivity contribution in [3.8, 4) is 5.69 Å². The average molecular weight is 518 g/mol. The Morgan fingerprint density at radius 3 is 2.38 bits per heavy atom. The van der Waals surface area contributed by atoms with E-state index < -0.39 is 11.8 Å². The summed E-state index contributed by atoms with van der Waals surface area (Å²) in [5.74, 6) is -1.64. The van der Waals surface area contributed by atoms with E-state index in [1.54, 1.807) is 18.2 Å². The Hall–Kier alpha value is -2.71. The minimum absolute atomic E-state index is 0.515. The highest BCUT2D eigenvalue weighted by atomic mass is 79.9. The summed E-state index contributed by atoms with van der Waals surface area (Å²) in [5.41, 5.74) is 6.66. The number of rotatable bonds is 4. The van der Waals surface area contributed by atoms with Crippen LogP contribution >= 0.6 is 31.9 Å². The van der Waals surface area contributed by atoms with Crippen LogP contribution in [0.1, 0.15) is 17.0 Å². The van der Waals surface area contributed by atoms with Gasteiger partial charge < -0.3 is 9.88 Å². The van der Waals surface area contributed by atoms with Gasteiger partial charge in [-0.15, -0.1) is 0 Å². The maximum Gasteiger partial charge on any atom is 0.329 e. The topological polar surface area (TPSA) is 75.5 Å². The van der Waals surface area contributed by atoms with Gasteiger partial charge in [0.15, 0.2) is 0 Å². The third-order valence-electron chi connectivity index (χ3n) is 4.21. The molecule has 2 aromatic carbocycles. The van der Waals surface area contributed by atoms with Gasteiger partial charge in [0.1, 0.15) is 0 Å². The van der Waals surface area contributed by atoms with Gasteiger partial charge in [0, 0.05) is 37.3 Å². The highest BCUT2D eigenvalue weighted by Crippen LogP contribution is 2.21. The molecule has 0 fully saturated rings. The van der Waals surface area contributed by atoms with Crippen LogP contribution in [0.3, 0.4) is 0 Å². The maximum atomic E-state index is 12.0. The Kier molecular flexibility index (Phi) is 6.66. The number of nitrogens with one attached hydrogen (secondary N) is 2. The van der Waals surface area contributed by atoms with Crippen LogP contribution in [0.2, 0.25) is 0 Å². The molecular formula is C21H18Br2N4O2. The molecule has 0 radical (unpaired) electrons. The average Bonchev–Trinajstić information content (AvgIpc) is 2.96. The van der Waals surface area contributed by atoms with Gasteiger partial charge >= 0.3 is 11.8 Å². The molecule has 0 aliphatic rings. The van der Waals surface area contributed by atoms with Crippen LogP contribution in [0, 0.1) is 13.8 Å². The van der Waals surface area contributed by atoms with Gasteiger partial charge in [-0.2, -0.15) is 5.10 Å². The number of halogens is 2. The third kappa shape index (κ3) is 5.21. The first-order valence-corrected chi connectivity index (χ1v) is 10.3. The lowest BCUT2D eigenvalue weighted by atomic mass is 10.2. The monoisotopic (exact) mass is 516 g/mol. The van der Waals surface area contributed by atoms with E-state index in [9.17, 15) is 9.59 Å². The lowest BCUT2D eigenvalue weighted by molar-refractivity contribution is -0.136. The van der Waals surface area contributed by atoms with Crippen LogP contribution in [0.5, 0.6) is 0 Å². The normalized spacial score (nSPS) is 10.9. The number of carbonyl (C=O) groups excluding carboxylic acids is 2. The second kappa shape index (κ2) is 9.19.